The standard InChI is InChI=1S/C24H26N2O/c1-3-17-10-12-18(13-11-17)15-25-22-8-5-9-23-24(22)21(16-26-23)19-6-4-7-20(14-19)27-2/h4,6-7,9-14,16,25-26H,3,5,8,15H2,1-2H3. The first-order chi connectivity index (χ1) is 13.3. The van der Waals surface area contributed by atoms with Crippen LogP contribution in [0.2, 0.25) is 0 Å². The molecule has 3 nitrogen and oxygen atoms in total. The van der Waals surface area contributed by atoms with E-state index in [9.17, 15) is 0 Å². The molecule has 0 atom stereocenters. The quantitative estimate of drug-likeness (QED) is 0.705. The normalized spacial score (nSPS) is 13.0. The Bertz CT molecular complexity index is 1040. The first-order valence-corrected chi connectivity index (χ1v) is 9.65. The van der Waals surface area contributed by atoms with Crippen LogP contribution in [0.4, 0.5) is 0 Å². The number of methoxy groups -OCH3 is 1. The van der Waals surface area contributed by atoms with E-state index in [-0.39, 0.29) is 0 Å². The van der Waals surface area contributed by atoms with Gasteiger partial charge in [-0.1, -0.05) is 49.4 Å². The number of hydrogen-bond acceptors (Lipinski definition) is 2. The molecule has 0 amide bonds. The van der Waals surface area contributed by atoms with Gasteiger partial charge in [-0.2, -0.15) is 0 Å². The predicted molar refractivity (Wildman–Crippen MR) is 112 cm³/mol. The largest absolute Gasteiger partial charge is 0.497 e. The fraction of sp³-hybridized carbons (Fsp3) is 0.250. The minimum atomic E-state index is 0.849. The van der Waals surface area contributed by atoms with Gasteiger partial charge in [0.2, 0.25) is 0 Å². The van der Waals surface area contributed by atoms with Crippen molar-refractivity contribution >= 4 is 11.8 Å². The summed E-state index contributed by atoms with van der Waals surface area (Å²) in [5.41, 5.74) is 6.41. The maximum Gasteiger partial charge on any atom is 0.119 e. The molecule has 0 saturated carbocycles. The number of nitrogens with one attached hydrogen (secondary N) is 2. The highest BCUT2D eigenvalue weighted by atomic mass is 16.5. The number of fused-ring (bicyclic) bond motifs is 1. The summed E-state index contributed by atoms with van der Waals surface area (Å²) in [7, 11) is 1.71. The first kappa shape index (κ1) is 17.5. The number of ether oxygens (including phenoxy) is 1. The van der Waals surface area contributed by atoms with Crippen molar-refractivity contribution in [1.29, 1.82) is 0 Å². The summed E-state index contributed by atoms with van der Waals surface area (Å²) in [6.07, 6.45) is 7.58. The SMILES string of the molecule is CCc1ccc(CNC2=c3c(-c4cccc(OC)c4)c[nH]c3=CCC2)cc1. The molecule has 1 heterocycles. The Morgan fingerprint density at radius 3 is 2.67 bits per heavy atom. The third-order valence-electron chi connectivity index (χ3n) is 5.27. The molecule has 3 aromatic rings. The summed E-state index contributed by atoms with van der Waals surface area (Å²) in [5, 5.41) is 6.20. The number of aromatic amines is 1. The molecule has 0 aliphatic heterocycles. The molecule has 4 rings (SSSR count). The van der Waals surface area contributed by atoms with Gasteiger partial charge >= 0.3 is 0 Å². The van der Waals surface area contributed by atoms with Crippen LogP contribution in [-0.2, 0) is 13.0 Å². The molecule has 1 aliphatic carbocycles. The smallest absolute Gasteiger partial charge is 0.119 e. The minimum absolute atomic E-state index is 0.849. The first-order valence-electron chi connectivity index (χ1n) is 9.65. The molecule has 0 saturated heterocycles. The zero-order valence-electron chi connectivity index (χ0n) is 16.0. The Hall–Kier alpha value is -2.94. The van der Waals surface area contributed by atoms with E-state index in [1.54, 1.807) is 7.11 Å². The maximum atomic E-state index is 5.41. The molecule has 0 unspecified atom stereocenters. The monoisotopic (exact) mass is 358 g/mol. The Labute approximate surface area is 160 Å². The van der Waals surface area contributed by atoms with Crippen LogP contribution >= 0.6 is 0 Å². The Morgan fingerprint density at radius 1 is 1.07 bits per heavy atom. The lowest BCUT2D eigenvalue weighted by atomic mass is 10.0. The van der Waals surface area contributed by atoms with Crippen LogP contribution in [0.5, 0.6) is 5.75 Å². The molecule has 138 valence electrons. The van der Waals surface area contributed by atoms with Crippen molar-refractivity contribution in [3.05, 3.63) is 76.4 Å². The van der Waals surface area contributed by atoms with Gasteiger partial charge in [0.1, 0.15) is 5.75 Å². The second-order valence-electron chi connectivity index (χ2n) is 6.97. The topological polar surface area (TPSA) is 37.0 Å². The summed E-state index contributed by atoms with van der Waals surface area (Å²) in [6.45, 7) is 3.04. The van der Waals surface area contributed by atoms with Gasteiger partial charge in [-0.3, -0.25) is 0 Å². The zero-order chi connectivity index (χ0) is 18.6. The highest BCUT2D eigenvalue weighted by Gasteiger charge is 2.12. The van der Waals surface area contributed by atoms with Crippen molar-refractivity contribution < 1.29 is 4.74 Å². The Balaban J connectivity index is 1.69. The van der Waals surface area contributed by atoms with E-state index in [4.69, 9.17) is 4.74 Å². The number of H-pyrrole nitrogens is 1. The van der Waals surface area contributed by atoms with Gasteiger partial charge in [-0.15, -0.1) is 0 Å². The molecule has 2 aromatic carbocycles. The number of hydrogen-bond donors (Lipinski definition) is 2. The van der Waals surface area contributed by atoms with E-state index in [1.165, 1.54) is 38.5 Å². The van der Waals surface area contributed by atoms with Crippen LogP contribution in [0.3, 0.4) is 0 Å². The molecule has 0 fully saturated rings. The highest BCUT2D eigenvalue weighted by Crippen LogP contribution is 2.21. The van der Waals surface area contributed by atoms with Gasteiger partial charge in [0.25, 0.3) is 0 Å². The third-order valence-corrected chi connectivity index (χ3v) is 5.27. The van der Waals surface area contributed by atoms with E-state index in [1.807, 2.05) is 12.1 Å². The van der Waals surface area contributed by atoms with Crippen molar-refractivity contribution in [3.63, 3.8) is 0 Å². The number of aryl methyl sites for hydroxylation is 1. The Kier molecular flexibility index (Phi) is 5.01. The highest BCUT2D eigenvalue weighted by molar-refractivity contribution is 5.70. The molecule has 1 aliphatic rings. The minimum Gasteiger partial charge on any atom is -0.497 e. The lowest BCUT2D eigenvalue weighted by molar-refractivity contribution is 0.415. The summed E-state index contributed by atoms with van der Waals surface area (Å²) in [5.74, 6) is 0.882. The number of benzene rings is 2. The molecule has 2 N–H and O–H groups in total. The molecular weight excluding hydrogens is 332 g/mol. The van der Waals surface area contributed by atoms with Crippen LogP contribution in [0.25, 0.3) is 22.9 Å². The van der Waals surface area contributed by atoms with Crippen LogP contribution < -0.4 is 20.6 Å². The van der Waals surface area contributed by atoms with Crippen LogP contribution in [0.15, 0.2) is 54.7 Å². The van der Waals surface area contributed by atoms with E-state index in [2.05, 4.69) is 65.9 Å². The van der Waals surface area contributed by atoms with Crippen LogP contribution in [-0.4, -0.2) is 12.1 Å². The van der Waals surface area contributed by atoms with Gasteiger partial charge in [0, 0.05) is 34.6 Å². The van der Waals surface area contributed by atoms with Gasteiger partial charge in [0.05, 0.1) is 7.11 Å². The lowest BCUT2D eigenvalue weighted by Crippen LogP contribution is -2.34. The van der Waals surface area contributed by atoms with Crippen LogP contribution in [0.1, 0.15) is 30.9 Å². The predicted octanol–water partition coefficient (Wildman–Crippen LogP) is 3.73. The number of rotatable bonds is 6. The second kappa shape index (κ2) is 7.75. The van der Waals surface area contributed by atoms with Crippen molar-refractivity contribution in [3.8, 4) is 16.9 Å². The molecule has 1 aromatic heterocycles. The molecule has 27 heavy (non-hydrogen) atoms. The van der Waals surface area contributed by atoms with Gasteiger partial charge in [-0.05, 0) is 48.1 Å². The third kappa shape index (κ3) is 3.63. The van der Waals surface area contributed by atoms with E-state index >= 15 is 0 Å². The lowest BCUT2D eigenvalue weighted by Gasteiger charge is -2.14. The van der Waals surface area contributed by atoms with Crippen molar-refractivity contribution in [2.45, 2.75) is 32.7 Å². The van der Waals surface area contributed by atoms with Gasteiger partial charge in [-0.25, -0.2) is 0 Å². The second-order valence-corrected chi connectivity index (χ2v) is 6.97. The van der Waals surface area contributed by atoms with E-state index < -0.39 is 0 Å². The average Bonchev–Trinajstić information content (AvgIpc) is 3.17. The van der Waals surface area contributed by atoms with E-state index in [0.29, 0.717) is 0 Å². The van der Waals surface area contributed by atoms with Gasteiger partial charge in [0.15, 0.2) is 0 Å². The maximum absolute atomic E-state index is 5.41. The van der Waals surface area contributed by atoms with Crippen LogP contribution in [0, 0.1) is 0 Å². The Morgan fingerprint density at radius 2 is 1.89 bits per heavy atom. The zero-order valence-corrected chi connectivity index (χ0v) is 16.0. The summed E-state index contributed by atoms with van der Waals surface area (Å²) in [6, 6.07) is 17.2. The van der Waals surface area contributed by atoms with Crippen molar-refractivity contribution in [1.82, 2.24) is 10.3 Å². The molecular formula is C24H26N2O. The fourth-order valence-electron chi connectivity index (χ4n) is 3.71. The van der Waals surface area contributed by atoms with Crippen molar-refractivity contribution in [2.24, 2.45) is 0 Å². The molecule has 3 heteroatoms. The summed E-state index contributed by atoms with van der Waals surface area (Å²) < 4.78 is 5.41. The summed E-state index contributed by atoms with van der Waals surface area (Å²) >= 11 is 0. The fourth-order valence-corrected chi connectivity index (χ4v) is 3.71. The van der Waals surface area contributed by atoms with E-state index in [0.717, 1.165) is 31.6 Å². The molecule has 0 radical (unpaired) electrons. The number of aromatic nitrogens is 1. The summed E-state index contributed by atoms with van der Waals surface area (Å²) in [4.78, 5) is 3.45. The molecule has 0 spiro atoms. The van der Waals surface area contributed by atoms with Gasteiger partial charge < -0.3 is 15.0 Å². The molecule has 0 bridgehead atoms. The average molecular weight is 358 g/mol. The van der Waals surface area contributed by atoms with Crippen molar-refractivity contribution in [2.75, 3.05) is 7.11 Å².